The maximum Gasteiger partial charge on any atom is 0.321 e. The average Bonchev–Trinajstić information content (AvgIpc) is 3.06. The van der Waals surface area contributed by atoms with E-state index >= 15 is 0 Å². The van der Waals surface area contributed by atoms with Crippen molar-refractivity contribution >= 4 is 11.7 Å². The molecule has 1 aliphatic heterocycles. The number of benzene rings is 1. The third kappa shape index (κ3) is 4.41. The van der Waals surface area contributed by atoms with Crippen molar-refractivity contribution in [1.82, 2.24) is 14.5 Å². The number of nitrogens with zero attached hydrogens (tertiary/aromatic N) is 3. The lowest BCUT2D eigenvalue weighted by molar-refractivity contribution is 0.176. The number of hydrogen-bond donors (Lipinski definition) is 1. The maximum absolute atomic E-state index is 12.4. The third-order valence-corrected chi connectivity index (χ3v) is 4.92. The highest BCUT2D eigenvalue weighted by Crippen LogP contribution is 2.22. The van der Waals surface area contributed by atoms with E-state index in [1.54, 1.807) is 0 Å². The number of hydrogen-bond acceptors (Lipinski definition) is 2. The molecule has 0 saturated carbocycles. The summed E-state index contributed by atoms with van der Waals surface area (Å²) in [6.07, 6.45) is 6.04. The van der Waals surface area contributed by atoms with Gasteiger partial charge in [-0.2, -0.15) is 0 Å². The minimum absolute atomic E-state index is 0.00723. The lowest BCUT2D eigenvalue weighted by Crippen LogP contribution is -2.41. The monoisotopic (exact) mass is 340 g/mol. The zero-order valence-corrected chi connectivity index (χ0v) is 15.4. The van der Waals surface area contributed by atoms with Crippen LogP contribution < -0.4 is 5.32 Å². The number of amides is 2. The number of carbonyl (C=O) groups excluding carboxylic acids is 1. The van der Waals surface area contributed by atoms with Crippen molar-refractivity contribution < 1.29 is 4.79 Å². The van der Waals surface area contributed by atoms with E-state index in [-0.39, 0.29) is 6.03 Å². The predicted octanol–water partition coefficient (Wildman–Crippen LogP) is 4.26. The van der Waals surface area contributed by atoms with Gasteiger partial charge >= 0.3 is 6.03 Å². The molecule has 1 aliphatic rings. The molecule has 0 bridgehead atoms. The van der Waals surface area contributed by atoms with E-state index in [0.717, 1.165) is 44.0 Å². The minimum Gasteiger partial charge on any atom is -0.334 e. The van der Waals surface area contributed by atoms with Gasteiger partial charge in [-0.1, -0.05) is 31.5 Å². The summed E-state index contributed by atoms with van der Waals surface area (Å²) in [7, 11) is 0. The van der Waals surface area contributed by atoms with E-state index in [9.17, 15) is 4.79 Å². The van der Waals surface area contributed by atoms with Crippen LogP contribution >= 0.6 is 0 Å². The number of nitrogens with one attached hydrogen (secondary N) is 1. The van der Waals surface area contributed by atoms with Crippen LogP contribution in [-0.4, -0.2) is 33.6 Å². The molecular weight excluding hydrogens is 312 g/mol. The van der Waals surface area contributed by atoms with Crippen LogP contribution in [0.4, 0.5) is 10.5 Å². The van der Waals surface area contributed by atoms with Crippen LogP contribution in [-0.2, 0) is 6.54 Å². The van der Waals surface area contributed by atoms with Crippen molar-refractivity contribution in [1.29, 1.82) is 0 Å². The quantitative estimate of drug-likeness (QED) is 0.904. The van der Waals surface area contributed by atoms with E-state index in [0.29, 0.717) is 11.8 Å². The molecule has 5 heteroatoms. The standard InChI is InChI=1S/C20H28N4O/c1-15(2)19-21-10-13-24(19)14-17-8-11-23(12-9-17)20(25)22-18-6-4-16(3)5-7-18/h4-7,10,13,15,17H,8-9,11-12,14H2,1-3H3,(H,22,25). The van der Waals surface area contributed by atoms with Crippen molar-refractivity contribution in [3.8, 4) is 0 Å². The number of piperidine rings is 1. The number of aromatic nitrogens is 2. The summed E-state index contributed by atoms with van der Waals surface area (Å²) in [5.74, 6) is 2.20. The molecule has 1 aromatic carbocycles. The zero-order chi connectivity index (χ0) is 17.8. The molecule has 5 nitrogen and oxygen atoms in total. The fourth-order valence-corrected chi connectivity index (χ4v) is 3.41. The normalized spacial score (nSPS) is 15.6. The Morgan fingerprint density at radius 3 is 2.56 bits per heavy atom. The van der Waals surface area contributed by atoms with Crippen molar-refractivity contribution in [3.63, 3.8) is 0 Å². The second-order valence-electron chi connectivity index (χ2n) is 7.32. The summed E-state index contributed by atoms with van der Waals surface area (Å²) in [6, 6.07) is 7.94. The van der Waals surface area contributed by atoms with Gasteiger partial charge in [0.25, 0.3) is 0 Å². The van der Waals surface area contributed by atoms with Gasteiger partial charge in [0.1, 0.15) is 5.82 Å². The van der Waals surface area contributed by atoms with E-state index < -0.39 is 0 Å². The molecule has 1 N–H and O–H groups in total. The number of aryl methyl sites for hydroxylation is 1. The molecule has 0 unspecified atom stereocenters. The first-order valence-electron chi connectivity index (χ1n) is 9.16. The molecule has 25 heavy (non-hydrogen) atoms. The summed E-state index contributed by atoms with van der Waals surface area (Å²) in [5.41, 5.74) is 2.05. The van der Waals surface area contributed by atoms with E-state index in [4.69, 9.17) is 0 Å². The van der Waals surface area contributed by atoms with Gasteiger partial charge in [-0.15, -0.1) is 0 Å². The Labute approximate surface area is 150 Å². The van der Waals surface area contributed by atoms with Crippen LogP contribution in [0.15, 0.2) is 36.7 Å². The van der Waals surface area contributed by atoms with E-state index in [2.05, 4.69) is 34.9 Å². The lowest BCUT2D eigenvalue weighted by atomic mass is 9.96. The molecule has 2 aromatic rings. The van der Waals surface area contributed by atoms with Gasteiger partial charge in [0, 0.05) is 43.6 Å². The van der Waals surface area contributed by atoms with Crippen LogP contribution in [0.1, 0.15) is 44.0 Å². The predicted molar refractivity (Wildman–Crippen MR) is 101 cm³/mol. The van der Waals surface area contributed by atoms with E-state index in [1.165, 1.54) is 5.56 Å². The van der Waals surface area contributed by atoms with Gasteiger partial charge in [-0.05, 0) is 37.8 Å². The first kappa shape index (κ1) is 17.5. The molecular formula is C20H28N4O. The van der Waals surface area contributed by atoms with Gasteiger partial charge in [0.2, 0.25) is 0 Å². The first-order chi connectivity index (χ1) is 12.0. The number of likely N-dealkylation sites (tertiary alicyclic amines) is 1. The smallest absolute Gasteiger partial charge is 0.321 e. The molecule has 2 amide bonds. The highest BCUT2D eigenvalue weighted by Gasteiger charge is 2.23. The molecule has 134 valence electrons. The van der Waals surface area contributed by atoms with Crippen LogP contribution in [0.2, 0.25) is 0 Å². The van der Waals surface area contributed by atoms with Crippen molar-refractivity contribution in [2.45, 2.75) is 46.1 Å². The second kappa shape index (κ2) is 7.72. The lowest BCUT2D eigenvalue weighted by Gasteiger charge is -2.32. The molecule has 1 aromatic heterocycles. The van der Waals surface area contributed by atoms with Crippen molar-refractivity contribution in [2.24, 2.45) is 5.92 Å². The third-order valence-electron chi connectivity index (χ3n) is 4.92. The number of carbonyl (C=O) groups is 1. The molecule has 1 saturated heterocycles. The summed E-state index contributed by atoms with van der Waals surface area (Å²) < 4.78 is 2.28. The highest BCUT2D eigenvalue weighted by atomic mass is 16.2. The number of imidazole rings is 1. The molecule has 1 fully saturated rings. The first-order valence-corrected chi connectivity index (χ1v) is 9.16. The highest BCUT2D eigenvalue weighted by molar-refractivity contribution is 5.89. The second-order valence-corrected chi connectivity index (χ2v) is 7.32. The minimum atomic E-state index is 0.00723. The van der Waals surface area contributed by atoms with Gasteiger partial charge in [-0.3, -0.25) is 0 Å². The Hall–Kier alpha value is -2.30. The van der Waals surface area contributed by atoms with Gasteiger partial charge in [0.15, 0.2) is 0 Å². The van der Waals surface area contributed by atoms with Gasteiger partial charge in [-0.25, -0.2) is 9.78 Å². The Bertz CT molecular complexity index is 697. The fraction of sp³-hybridized carbons (Fsp3) is 0.500. The number of rotatable bonds is 4. The Morgan fingerprint density at radius 2 is 1.92 bits per heavy atom. The molecule has 0 aliphatic carbocycles. The average molecular weight is 340 g/mol. The summed E-state index contributed by atoms with van der Waals surface area (Å²) in [6.45, 7) is 9.03. The molecule has 0 atom stereocenters. The van der Waals surface area contributed by atoms with Crippen molar-refractivity contribution in [3.05, 3.63) is 48.0 Å². The largest absolute Gasteiger partial charge is 0.334 e. The van der Waals surface area contributed by atoms with Crippen molar-refractivity contribution in [2.75, 3.05) is 18.4 Å². The van der Waals surface area contributed by atoms with Gasteiger partial charge < -0.3 is 14.8 Å². The summed E-state index contributed by atoms with van der Waals surface area (Å²) in [4.78, 5) is 18.8. The fourth-order valence-electron chi connectivity index (χ4n) is 3.41. The zero-order valence-electron chi connectivity index (χ0n) is 15.4. The maximum atomic E-state index is 12.4. The number of anilines is 1. The van der Waals surface area contributed by atoms with Crippen LogP contribution in [0.5, 0.6) is 0 Å². The Morgan fingerprint density at radius 1 is 1.24 bits per heavy atom. The summed E-state index contributed by atoms with van der Waals surface area (Å²) in [5, 5.41) is 3.00. The van der Waals surface area contributed by atoms with E-state index in [1.807, 2.05) is 42.3 Å². The topological polar surface area (TPSA) is 50.2 Å². The van der Waals surface area contributed by atoms with Crippen LogP contribution in [0, 0.1) is 12.8 Å². The molecule has 0 spiro atoms. The SMILES string of the molecule is Cc1ccc(NC(=O)N2CCC(Cn3ccnc3C(C)C)CC2)cc1. The Kier molecular flexibility index (Phi) is 5.41. The molecule has 2 heterocycles. The molecule has 3 rings (SSSR count). The van der Waals surface area contributed by atoms with Gasteiger partial charge in [0.05, 0.1) is 0 Å². The Balaban J connectivity index is 1.50. The van der Waals surface area contributed by atoms with Crippen LogP contribution in [0.25, 0.3) is 0 Å². The molecule has 0 radical (unpaired) electrons. The van der Waals surface area contributed by atoms with Crippen LogP contribution in [0.3, 0.4) is 0 Å². The summed E-state index contributed by atoms with van der Waals surface area (Å²) >= 11 is 0. The number of urea groups is 1.